The minimum atomic E-state index is -4.28. The van der Waals surface area contributed by atoms with Gasteiger partial charge in [-0.05, 0) is 80.8 Å². The molecular weight excluding hydrogens is 690 g/mol. The van der Waals surface area contributed by atoms with E-state index in [1.807, 2.05) is 44.2 Å². The molecule has 0 saturated carbocycles. The summed E-state index contributed by atoms with van der Waals surface area (Å²) in [6, 6.07) is 20.0. The van der Waals surface area contributed by atoms with E-state index in [0.29, 0.717) is 36.5 Å². The summed E-state index contributed by atoms with van der Waals surface area (Å²) in [6.07, 6.45) is -0.373. The fraction of sp³-hybridized carbons (Fsp3) is 0.447. The molecule has 4 rings (SSSR count). The Kier molecular flexibility index (Phi) is 13.5. The normalized spacial score (nSPS) is 13.3. The van der Waals surface area contributed by atoms with Crippen molar-refractivity contribution >= 4 is 28.0 Å². The van der Waals surface area contributed by atoms with Crippen molar-refractivity contribution in [3.8, 4) is 17.2 Å². The molecule has 0 aliphatic carbocycles. The maximum atomic E-state index is 14.3. The van der Waals surface area contributed by atoms with E-state index in [9.17, 15) is 22.8 Å². The quantitative estimate of drug-likeness (QED) is 0.161. The zero-order valence-electron chi connectivity index (χ0n) is 30.6. The van der Waals surface area contributed by atoms with E-state index in [1.54, 1.807) is 45.0 Å². The van der Waals surface area contributed by atoms with Crippen molar-refractivity contribution in [3.05, 3.63) is 83.9 Å². The fourth-order valence-electron chi connectivity index (χ4n) is 5.43. The highest BCUT2D eigenvalue weighted by molar-refractivity contribution is 7.89. The number of carbonyl (C=O) groups is 3. The van der Waals surface area contributed by atoms with Crippen LogP contribution in [0.2, 0.25) is 0 Å². The largest absolute Gasteiger partial charge is 0.489 e. The molecule has 3 aromatic carbocycles. The highest BCUT2D eigenvalue weighted by atomic mass is 32.2. The predicted octanol–water partition coefficient (Wildman–Crippen LogP) is 5.85. The molecule has 1 heterocycles. The second-order valence-electron chi connectivity index (χ2n) is 14.2. The number of ketones is 1. The highest BCUT2D eigenvalue weighted by Gasteiger charge is 2.36. The number of alkyl carbamates (subject to hydrolysis) is 2. The minimum Gasteiger partial charge on any atom is -0.489 e. The third-order valence-electron chi connectivity index (χ3n) is 8.04. The second kappa shape index (κ2) is 17.6. The van der Waals surface area contributed by atoms with Gasteiger partial charge in [0, 0.05) is 19.7 Å². The van der Waals surface area contributed by atoms with Gasteiger partial charge in [-0.1, -0.05) is 56.3 Å². The molecule has 1 atom stereocenters. The van der Waals surface area contributed by atoms with Gasteiger partial charge >= 0.3 is 12.2 Å². The average molecular weight is 740 g/mol. The van der Waals surface area contributed by atoms with E-state index < -0.39 is 51.6 Å². The summed E-state index contributed by atoms with van der Waals surface area (Å²) in [5, 5.41) is 5.07. The van der Waals surface area contributed by atoms with Crippen molar-refractivity contribution < 1.29 is 46.5 Å². The van der Waals surface area contributed by atoms with E-state index >= 15 is 0 Å². The van der Waals surface area contributed by atoms with Crippen molar-refractivity contribution in [1.82, 2.24) is 14.9 Å². The number of hydrogen-bond donors (Lipinski definition) is 2. The lowest BCUT2D eigenvalue weighted by Crippen LogP contribution is -2.50. The van der Waals surface area contributed by atoms with E-state index in [1.165, 1.54) is 25.2 Å². The van der Waals surface area contributed by atoms with Gasteiger partial charge in [0.15, 0.2) is 17.3 Å². The number of amides is 2. The summed E-state index contributed by atoms with van der Waals surface area (Å²) in [5.74, 6) is 0.771. The van der Waals surface area contributed by atoms with Gasteiger partial charge in [-0.15, -0.1) is 0 Å². The van der Waals surface area contributed by atoms with Crippen LogP contribution in [0.4, 0.5) is 9.59 Å². The van der Waals surface area contributed by atoms with E-state index in [4.69, 9.17) is 23.7 Å². The Labute approximate surface area is 306 Å². The number of nitrogens with one attached hydrogen (secondary N) is 2. The molecule has 0 radical (unpaired) electrons. The second-order valence-corrected chi connectivity index (χ2v) is 16.2. The maximum absolute atomic E-state index is 14.3. The fourth-order valence-corrected chi connectivity index (χ4v) is 7.04. The number of carbonyl (C=O) groups excluding carboxylic acids is 3. The van der Waals surface area contributed by atoms with Gasteiger partial charge in [0.2, 0.25) is 16.8 Å². The van der Waals surface area contributed by atoms with Gasteiger partial charge in [-0.3, -0.25) is 4.79 Å². The van der Waals surface area contributed by atoms with Crippen LogP contribution in [0, 0.1) is 5.41 Å². The smallest absolute Gasteiger partial charge is 0.408 e. The Morgan fingerprint density at radius 2 is 1.58 bits per heavy atom. The molecule has 282 valence electrons. The Hall–Kier alpha value is -4.82. The van der Waals surface area contributed by atoms with Gasteiger partial charge in [0.1, 0.15) is 18.0 Å². The average Bonchev–Trinajstić information content (AvgIpc) is 3.57. The van der Waals surface area contributed by atoms with E-state index in [2.05, 4.69) is 10.6 Å². The molecule has 52 heavy (non-hydrogen) atoms. The maximum Gasteiger partial charge on any atom is 0.408 e. The molecule has 0 bridgehead atoms. The Morgan fingerprint density at radius 1 is 0.885 bits per heavy atom. The predicted molar refractivity (Wildman–Crippen MR) is 194 cm³/mol. The molecule has 3 aromatic rings. The number of nitrogens with zero attached hydrogens (tertiary/aromatic N) is 1. The van der Waals surface area contributed by atoms with Crippen molar-refractivity contribution in [2.45, 2.75) is 77.0 Å². The highest BCUT2D eigenvalue weighted by Crippen LogP contribution is 2.35. The zero-order chi connectivity index (χ0) is 37.9. The van der Waals surface area contributed by atoms with Crippen LogP contribution in [0.5, 0.6) is 17.2 Å². The van der Waals surface area contributed by atoms with Gasteiger partial charge in [0.05, 0.1) is 24.1 Å². The van der Waals surface area contributed by atoms with Crippen LogP contribution >= 0.6 is 0 Å². The van der Waals surface area contributed by atoms with Crippen molar-refractivity contribution in [2.24, 2.45) is 5.41 Å². The molecular formula is C38H49N3O10S. The molecule has 0 fully saturated rings. The molecule has 0 spiro atoms. The standard InChI is InChI=1S/C38H49N3O10S/c1-37(2,3)51-36(44)40-31(21-27-13-15-29(16-14-27)48-24-28-11-8-7-9-12-28)32(42)23-41(25-38(4,5)19-10-20-47-35(43)39-6)52(45,46)30-17-18-33-34(22-30)50-26-49-33/h7-9,11-18,22,31H,10,19-21,23-26H2,1-6H3,(H,39,43)(H,40,44)/t31-/m0/s1. The first-order chi connectivity index (χ1) is 24.5. The summed E-state index contributed by atoms with van der Waals surface area (Å²) in [4.78, 5) is 38.6. The molecule has 0 aromatic heterocycles. The van der Waals surface area contributed by atoms with Crippen LogP contribution in [-0.2, 0) is 37.3 Å². The van der Waals surface area contributed by atoms with Crippen LogP contribution in [0.25, 0.3) is 0 Å². The number of ether oxygens (including phenoxy) is 5. The van der Waals surface area contributed by atoms with E-state index in [-0.39, 0.29) is 37.0 Å². The van der Waals surface area contributed by atoms with Crippen molar-refractivity contribution in [3.63, 3.8) is 0 Å². The SMILES string of the molecule is CNC(=O)OCCCC(C)(C)CN(CC(=O)[C@H](Cc1ccc(OCc2ccccc2)cc1)NC(=O)OC(C)(C)C)S(=O)(=O)c1ccc2c(c1)OCO2. The Balaban J connectivity index is 1.57. The van der Waals surface area contributed by atoms with Gasteiger partial charge < -0.3 is 34.3 Å². The van der Waals surface area contributed by atoms with Crippen molar-refractivity contribution in [1.29, 1.82) is 0 Å². The van der Waals surface area contributed by atoms with Gasteiger partial charge in [-0.2, -0.15) is 4.31 Å². The van der Waals surface area contributed by atoms with Crippen LogP contribution in [0.15, 0.2) is 77.7 Å². The minimum absolute atomic E-state index is 0.0374. The summed E-state index contributed by atoms with van der Waals surface area (Å²) < 4.78 is 57.0. The number of rotatable bonds is 17. The third-order valence-corrected chi connectivity index (χ3v) is 9.83. The molecule has 14 heteroatoms. The number of Topliss-reactive ketones (excluding diaryl/α,β-unsaturated/α-hetero) is 1. The van der Waals surface area contributed by atoms with Crippen LogP contribution < -0.4 is 24.8 Å². The number of hydrogen-bond acceptors (Lipinski definition) is 10. The topological polar surface area (TPSA) is 159 Å². The monoisotopic (exact) mass is 739 g/mol. The summed E-state index contributed by atoms with van der Waals surface area (Å²) in [6.45, 7) is 8.74. The third kappa shape index (κ3) is 12.2. The Bertz CT molecular complexity index is 1770. The first kappa shape index (κ1) is 40.0. The van der Waals surface area contributed by atoms with Crippen LogP contribution in [0.1, 0.15) is 58.6 Å². The molecule has 1 aliphatic heterocycles. The first-order valence-corrected chi connectivity index (χ1v) is 18.5. The lowest BCUT2D eigenvalue weighted by atomic mass is 9.88. The lowest BCUT2D eigenvalue weighted by molar-refractivity contribution is -0.121. The number of fused-ring (bicyclic) bond motifs is 1. The number of sulfonamides is 1. The van der Waals surface area contributed by atoms with Crippen LogP contribution in [0.3, 0.4) is 0 Å². The summed E-state index contributed by atoms with van der Waals surface area (Å²) in [7, 11) is -2.81. The molecule has 13 nitrogen and oxygen atoms in total. The summed E-state index contributed by atoms with van der Waals surface area (Å²) >= 11 is 0. The summed E-state index contributed by atoms with van der Waals surface area (Å²) in [5.41, 5.74) is 0.234. The zero-order valence-corrected chi connectivity index (χ0v) is 31.4. The Morgan fingerprint density at radius 3 is 2.25 bits per heavy atom. The molecule has 2 amide bonds. The first-order valence-electron chi connectivity index (χ1n) is 17.1. The van der Waals surface area contributed by atoms with Gasteiger partial charge in [-0.25, -0.2) is 18.0 Å². The van der Waals surface area contributed by atoms with E-state index in [0.717, 1.165) is 9.87 Å². The molecule has 0 saturated heterocycles. The molecule has 1 aliphatic rings. The van der Waals surface area contributed by atoms with Crippen molar-refractivity contribution in [2.75, 3.05) is 33.5 Å². The molecule has 2 N–H and O–H groups in total. The molecule has 0 unspecified atom stereocenters. The number of benzene rings is 3. The lowest BCUT2D eigenvalue weighted by Gasteiger charge is -2.33. The van der Waals surface area contributed by atoms with Crippen LogP contribution in [-0.4, -0.2) is 75.9 Å². The van der Waals surface area contributed by atoms with Gasteiger partial charge in [0.25, 0.3) is 0 Å².